The van der Waals surface area contributed by atoms with Gasteiger partial charge in [0.25, 0.3) is 6.29 Å². The van der Waals surface area contributed by atoms with Crippen LogP contribution < -0.4 is 0 Å². The molecule has 0 bridgehead atoms. The molecule has 9 heteroatoms. The summed E-state index contributed by atoms with van der Waals surface area (Å²) in [6.07, 6.45) is 20.5. The molecule has 0 saturated carbocycles. The van der Waals surface area contributed by atoms with Crippen LogP contribution in [0.3, 0.4) is 0 Å². The van der Waals surface area contributed by atoms with E-state index in [0.29, 0.717) is 17.4 Å². The first-order chi connectivity index (χ1) is 21.1. The molecule has 0 aromatic heterocycles. The molecule has 0 saturated heterocycles. The summed E-state index contributed by atoms with van der Waals surface area (Å²) >= 11 is 0. The fourth-order valence-corrected chi connectivity index (χ4v) is 4.77. The summed E-state index contributed by atoms with van der Waals surface area (Å²) in [5.74, 6) is -2.02. The zero-order chi connectivity index (χ0) is 32.9. The van der Waals surface area contributed by atoms with Crippen LogP contribution in [0, 0.1) is 0 Å². The molecular formula is C35H68NO8+. The minimum absolute atomic E-state index is 0.177. The van der Waals surface area contributed by atoms with Crippen LogP contribution in [0.4, 0.5) is 0 Å². The van der Waals surface area contributed by atoms with E-state index in [2.05, 4.69) is 13.8 Å². The Balaban J connectivity index is 4.45. The summed E-state index contributed by atoms with van der Waals surface area (Å²) in [4.78, 5) is 36.5. The lowest BCUT2D eigenvalue weighted by Crippen LogP contribution is -2.40. The van der Waals surface area contributed by atoms with Crippen molar-refractivity contribution in [2.75, 3.05) is 47.5 Å². The lowest BCUT2D eigenvalue weighted by atomic mass is 10.0. The van der Waals surface area contributed by atoms with Crippen molar-refractivity contribution < 1.29 is 42.9 Å². The lowest BCUT2D eigenvalue weighted by molar-refractivity contribution is -0.870. The van der Waals surface area contributed by atoms with E-state index >= 15 is 0 Å². The monoisotopic (exact) mass is 630 g/mol. The predicted octanol–water partition coefficient (Wildman–Crippen LogP) is 7.82. The second kappa shape index (κ2) is 28.7. The Bertz CT molecular complexity index is 709. The van der Waals surface area contributed by atoms with E-state index in [1.165, 1.54) is 70.6 Å². The molecule has 44 heavy (non-hydrogen) atoms. The van der Waals surface area contributed by atoms with E-state index in [4.69, 9.17) is 18.9 Å². The molecular weight excluding hydrogens is 562 g/mol. The molecule has 260 valence electrons. The van der Waals surface area contributed by atoms with Crippen molar-refractivity contribution in [3.63, 3.8) is 0 Å². The molecule has 0 aliphatic rings. The van der Waals surface area contributed by atoms with Gasteiger partial charge in [0.1, 0.15) is 13.2 Å². The van der Waals surface area contributed by atoms with Crippen molar-refractivity contribution in [3.8, 4) is 0 Å². The molecule has 0 heterocycles. The van der Waals surface area contributed by atoms with Gasteiger partial charge in [-0.25, -0.2) is 4.79 Å². The van der Waals surface area contributed by atoms with E-state index in [-0.39, 0.29) is 32.2 Å². The molecule has 2 unspecified atom stereocenters. The standard InChI is InChI=1S/C35H67NO8/c1-6-8-10-12-13-14-15-16-17-18-19-20-22-24-26-33(38)44-31(29-42-32(37)25-23-21-11-9-7-2)30-43-35(34(39)40)41-28-27-36(3,4)5/h31,35H,6-30H2,1-5H3/p+1. The van der Waals surface area contributed by atoms with Gasteiger partial charge in [-0.2, -0.15) is 0 Å². The molecule has 1 N–H and O–H groups in total. The van der Waals surface area contributed by atoms with Gasteiger partial charge < -0.3 is 28.5 Å². The van der Waals surface area contributed by atoms with Crippen LogP contribution in [0.15, 0.2) is 0 Å². The van der Waals surface area contributed by atoms with Crippen LogP contribution in [-0.4, -0.2) is 87.4 Å². The maximum atomic E-state index is 12.6. The van der Waals surface area contributed by atoms with Gasteiger partial charge in [-0.15, -0.1) is 0 Å². The van der Waals surface area contributed by atoms with Crippen LogP contribution in [-0.2, 0) is 33.3 Å². The maximum absolute atomic E-state index is 12.6. The summed E-state index contributed by atoms with van der Waals surface area (Å²) in [6.45, 7) is 4.76. The molecule has 0 aliphatic carbocycles. The van der Waals surface area contributed by atoms with Gasteiger partial charge in [0, 0.05) is 12.8 Å². The highest BCUT2D eigenvalue weighted by Gasteiger charge is 2.25. The summed E-state index contributed by atoms with van der Waals surface area (Å²) in [6, 6.07) is 0. The average molecular weight is 631 g/mol. The van der Waals surface area contributed by atoms with Crippen LogP contribution in [0.2, 0.25) is 0 Å². The Morgan fingerprint density at radius 2 is 1.02 bits per heavy atom. The summed E-state index contributed by atoms with van der Waals surface area (Å²) in [7, 11) is 5.93. The van der Waals surface area contributed by atoms with Crippen LogP contribution in [0.1, 0.15) is 149 Å². The molecule has 0 radical (unpaired) electrons. The summed E-state index contributed by atoms with van der Waals surface area (Å²) in [5.41, 5.74) is 0. The van der Waals surface area contributed by atoms with Gasteiger partial charge in [-0.05, 0) is 12.8 Å². The highest BCUT2D eigenvalue weighted by atomic mass is 16.7. The fraction of sp³-hybridized carbons (Fsp3) is 0.914. The van der Waals surface area contributed by atoms with Gasteiger partial charge in [0.15, 0.2) is 6.10 Å². The third-order valence-electron chi connectivity index (χ3n) is 7.61. The fourth-order valence-electron chi connectivity index (χ4n) is 4.77. The number of carboxylic acid groups (broad SMARTS) is 1. The molecule has 0 rings (SSSR count). The van der Waals surface area contributed by atoms with Crippen molar-refractivity contribution >= 4 is 17.9 Å². The van der Waals surface area contributed by atoms with Crippen molar-refractivity contribution in [1.82, 2.24) is 0 Å². The van der Waals surface area contributed by atoms with Crippen LogP contribution in [0.5, 0.6) is 0 Å². The number of ether oxygens (including phenoxy) is 4. The zero-order valence-electron chi connectivity index (χ0n) is 29.1. The molecule has 0 aromatic rings. The number of rotatable bonds is 32. The molecule has 0 aliphatic heterocycles. The van der Waals surface area contributed by atoms with E-state index in [1.807, 2.05) is 21.1 Å². The van der Waals surface area contributed by atoms with Crippen LogP contribution in [0.25, 0.3) is 0 Å². The van der Waals surface area contributed by atoms with E-state index in [0.717, 1.165) is 51.4 Å². The number of carbonyl (C=O) groups excluding carboxylic acids is 2. The SMILES string of the molecule is CCCCCCCCCCCCCCCCC(=O)OC(COC(=O)CCCCCCC)COC(OCC[N+](C)(C)C)C(=O)O. The quantitative estimate of drug-likeness (QED) is 0.0347. The number of aliphatic carboxylic acids is 1. The molecule has 9 nitrogen and oxygen atoms in total. The van der Waals surface area contributed by atoms with Gasteiger partial charge in [0.2, 0.25) is 0 Å². The minimum Gasteiger partial charge on any atom is -0.477 e. The molecule has 0 fully saturated rings. The van der Waals surface area contributed by atoms with Gasteiger partial charge in [0.05, 0.1) is 34.4 Å². The predicted molar refractivity (Wildman–Crippen MR) is 175 cm³/mol. The maximum Gasteiger partial charge on any atom is 0.361 e. The number of hydrogen-bond donors (Lipinski definition) is 1. The number of unbranched alkanes of at least 4 members (excludes halogenated alkanes) is 17. The second-order valence-electron chi connectivity index (χ2n) is 13.2. The second-order valence-corrected chi connectivity index (χ2v) is 13.2. The van der Waals surface area contributed by atoms with E-state index in [1.54, 1.807) is 0 Å². The topological polar surface area (TPSA) is 108 Å². The zero-order valence-corrected chi connectivity index (χ0v) is 29.1. The molecule has 0 aromatic carbocycles. The lowest BCUT2D eigenvalue weighted by Gasteiger charge is -2.25. The Hall–Kier alpha value is -1.71. The number of hydrogen-bond acceptors (Lipinski definition) is 7. The Kier molecular flexibility index (Phi) is 27.6. The number of quaternary nitrogens is 1. The van der Waals surface area contributed by atoms with E-state index in [9.17, 15) is 19.5 Å². The average Bonchev–Trinajstić information content (AvgIpc) is 2.96. The van der Waals surface area contributed by atoms with Crippen molar-refractivity contribution in [2.24, 2.45) is 0 Å². The number of esters is 2. The first kappa shape index (κ1) is 42.3. The highest BCUT2D eigenvalue weighted by molar-refractivity contribution is 5.71. The van der Waals surface area contributed by atoms with Crippen molar-refractivity contribution in [2.45, 2.75) is 161 Å². The third-order valence-corrected chi connectivity index (χ3v) is 7.61. The van der Waals surface area contributed by atoms with Crippen molar-refractivity contribution in [1.29, 1.82) is 0 Å². The molecule has 0 amide bonds. The Morgan fingerprint density at radius 1 is 0.591 bits per heavy atom. The minimum atomic E-state index is -1.50. The number of likely N-dealkylation sites (N-methyl/N-ethyl adjacent to an activating group) is 1. The largest absolute Gasteiger partial charge is 0.477 e. The summed E-state index contributed by atoms with van der Waals surface area (Å²) in [5, 5.41) is 9.52. The van der Waals surface area contributed by atoms with Gasteiger partial charge >= 0.3 is 17.9 Å². The first-order valence-electron chi connectivity index (χ1n) is 17.7. The van der Waals surface area contributed by atoms with Crippen molar-refractivity contribution in [3.05, 3.63) is 0 Å². The van der Waals surface area contributed by atoms with Gasteiger partial charge in [-0.3, -0.25) is 9.59 Å². The smallest absolute Gasteiger partial charge is 0.361 e. The number of nitrogens with zero attached hydrogens (tertiary/aromatic N) is 1. The Morgan fingerprint density at radius 3 is 1.45 bits per heavy atom. The number of carbonyl (C=O) groups is 3. The Labute approximate surface area is 269 Å². The highest BCUT2D eigenvalue weighted by Crippen LogP contribution is 2.14. The first-order valence-corrected chi connectivity index (χ1v) is 17.7. The number of carboxylic acids is 1. The van der Waals surface area contributed by atoms with E-state index < -0.39 is 24.3 Å². The molecule has 0 spiro atoms. The van der Waals surface area contributed by atoms with Crippen LogP contribution >= 0.6 is 0 Å². The normalized spacial score (nSPS) is 13.0. The third kappa shape index (κ3) is 29.0. The summed E-state index contributed by atoms with van der Waals surface area (Å²) < 4.78 is 22.4. The van der Waals surface area contributed by atoms with Gasteiger partial charge in [-0.1, -0.05) is 123 Å². The molecule has 2 atom stereocenters.